The Hall–Kier alpha value is -1.77. The number of oxazole rings is 1. The molecule has 1 heterocycles. The lowest BCUT2D eigenvalue weighted by atomic mass is 9.87. The number of rotatable bonds is 3. The lowest BCUT2D eigenvalue weighted by Gasteiger charge is -2.28. The van der Waals surface area contributed by atoms with Gasteiger partial charge in [0, 0.05) is 17.3 Å². The van der Waals surface area contributed by atoms with E-state index in [1.807, 2.05) is 0 Å². The van der Waals surface area contributed by atoms with E-state index in [9.17, 15) is 0 Å². The summed E-state index contributed by atoms with van der Waals surface area (Å²) in [6, 6.07) is 8.98. The molecule has 1 N–H and O–H groups in total. The molecule has 0 saturated heterocycles. The summed E-state index contributed by atoms with van der Waals surface area (Å²) >= 11 is 0. The van der Waals surface area contributed by atoms with Crippen molar-refractivity contribution in [3.8, 4) is 11.3 Å². The van der Waals surface area contributed by atoms with Gasteiger partial charge in [0.15, 0.2) is 12.2 Å². The highest BCUT2D eigenvalue weighted by Crippen LogP contribution is 2.28. The molecule has 1 saturated carbocycles. The van der Waals surface area contributed by atoms with Crippen molar-refractivity contribution >= 4 is 5.69 Å². The van der Waals surface area contributed by atoms with Gasteiger partial charge in [-0.25, -0.2) is 4.98 Å². The maximum absolute atomic E-state index is 5.34. The van der Waals surface area contributed by atoms with Crippen LogP contribution in [0, 0.1) is 5.92 Å². The fraction of sp³-hybridized carbons (Fsp3) is 0.438. The highest BCUT2D eigenvalue weighted by atomic mass is 16.3. The summed E-state index contributed by atoms with van der Waals surface area (Å²) in [6.45, 7) is 2.35. The summed E-state index contributed by atoms with van der Waals surface area (Å²) in [6.07, 6.45) is 8.47. The van der Waals surface area contributed by atoms with E-state index in [1.165, 1.54) is 37.8 Å². The standard InChI is InChI=1S/C16H20N2O/c1-12-4-2-6-14(8-12)18-15-7-3-5-13(9-15)16-10-17-11-19-16/h3,5,7,9-12,14,18H,2,4,6,8H2,1H3. The van der Waals surface area contributed by atoms with Crippen molar-refractivity contribution in [3.63, 3.8) is 0 Å². The molecule has 3 heteroatoms. The molecule has 1 aromatic carbocycles. The summed E-state index contributed by atoms with van der Waals surface area (Å²) < 4.78 is 5.34. The van der Waals surface area contributed by atoms with Crippen LogP contribution >= 0.6 is 0 Å². The first-order chi connectivity index (χ1) is 9.31. The van der Waals surface area contributed by atoms with Gasteiger partial charge in [-0.3, -0.25) is 0 Å². The van der Waals surface area contributed by atoms with Gasteiger partial charge in [-0.2, -0.15) is 0 Å². The Morgan fingerprint density at radius 1 is 1.32 bits per heavy atom. The topological polar surface area (TPSA) is 38.1 Å². The van der Waals surface area contributed by atoms with Gasteiger partial charge in [-0.05, 0) is 30.9 Å². The van der Waals surface area contributed by atoms with Crippen molar-refractivity contribution in [3.05, 3.63) is 36.9 Å². The van der Waals surface area contributed by atoms with E-state index < -0.39 is 0 Å². The summed E-state index contributed by atoms with van der Waals surface area (Å²) in [4.78, 5) is 3.97. The van der Waals surface area contributed by atoms with Crippen LogP contribution in [-0.2, 0) is 0 Å². The van der Waals surface area contributed by atoms with Gasteiger partial charge in [0.25, 0.3) is 0 Å². The summed E-state index contributed by atoms with van der Waals surface area (Å²) in [7, 11) is 0. The van der Waals surface area contributed by atoms with Crippen LogP contribution in [0.2, 0.25) is 0 Å². The SMILES string of the molecule is CC1CCCC(Nc2cccc(-c3cnco3)c2)C1. The third-order valence-corrected chi connectivity index (χ3v) is 3.89. The number of aromatic nitrogens is 1. The predicted molar refractivity (Wildman–Crippen MR) is 77.0 cm³/mol. The van der Waals surface area contributed by atoms with Gasteiger partial charge in [0.2, 0.25) is 0 Å². The van der Waals surface area contributed by atoms with Gasteiger partial charge in [-0.15, -0.1) is 0 Å². The normalized spacial score (nSPS) is 23.2. The molecule has 1 aromatic heterocycles. The minimum atomic E-state index is 0.605. The van der Waals surface area contributed by atoms with Crippen LogP contribution in [0.4, 0.5) is 5.69 Å². The number of hydrogen-bond donors (Lipinski definition) is 1. The lowest BCUT2D eigenvalue weighted by Crippen LogP contribution is -2.26. The molecule has 1 aliphatic rings. The third-order valence-electron chi connectivity index (χ3n) is 3.89. The van der Waals surface area contributed by atoms with Crippen molar-refractivity contribution in [1.82, 2.24) is 4.98 Å². The quantitative estimate of drug-likeness (QED) is 0.888. The zero-order valence-corrected chi connectivity index (χ0v) is 11.3. The number of benzene rings is 1. The number of nitrogens with zero attached hydrogens (tertiary/aromatic N) is 1. The molecule has 1 aliphatic carbocycles. The molecule has 2 atom stereocenters. The van der Waals surface area contributed by atoms with Crippen molar-refractivity contribution in [1.29, 1.82) is 0 Å². The van der Waals surface area contributed by atoms with Crippen molar-refractivity contribution < 1.29 is 4.42 Å². The molecular formula is C16H20N2O. The summed E-state index contributed by atoms with van der Waals surface area (Å²) in [5.74, 6) is 1.66. The second-order valence-electron chi connectivity index (χ2n) is 5.56. The Balaban J connectivity index is 1.73. The van der Waals surface area contributed by atoms with Gasteiger partial charge in [0.1, 0.15) is 0 Å². The first kappa shape index (κ1) is 12.3. The Labute approximate surface area is 114 Å². The predicted octanol–water partition coefficient (Wildman–Crippen LogP) is 4.33. The van der Waals surface area contributed by atoms with Crippen LogP contribution < -0.4 is 5.32 Å². The molecule has 0 radical (unpaired) electrons. The van der Waals surface area contributed by atoms with Crippen LogP contribution in [0.25, 0.3) is 11.3 Å². The maximum Gasteiger partial charge on any atom is 0.181 e. The second kappa shape index (κ2) is 5.47. The number of nitrogens with one attached hydrogen (secondary N) is 1. The number of anilines is 1. The molecule has 1 fully saturated rings. The van der Waals surface area contributed by atoms with E-state index in [2.05, 4.69) is 41.5 Å². The molecule has 0 aliphatic heterocycles. The summed E-state index contributed by atoms with van der Waals surface area (Å²) in [5.41, 5.74) is 2.25. The molecule has 2 aromatic rings. The van der Waals surface area contributed by atoms with E-state index in [4.69, 9.17) is 4.42 Å². The largest absolute Gasteiger partial charge is 0.444 e. The highest BCUT2D eigenvalue weighted by Gasteiger charge is 2.18. The van der Waals surface area contributed by atoms with Crippen LogP contribution in [-0.4, -0.2) is 11.0 Å². The molecule has 19 heavy (non-hydrogen) atoms. The Kier molecular flexibility index (Phi) is 3.53. The average Bonchev–Trinajstić information content (AvgIpc) is 2.93. The minimum absolute atomic E-state index is 0.605. The minimum Gasteiger partial charge on any atom is -0.444 e. The van der Waals surface area contributed by atoms with Crippen LogP contribution in [0.15, 0.2) is 41.3 Å². The van der Waals surface area contributed by atoms with Crippen molar-refractivity contribution in [2.24, 2.45) is 5.92 Å². The van der Waals surface area contributed by atoms with E-state index in [-0.39, 0.29) is 0 Å². The molecule has 2 unspecified atom stereocenters. The zero-order valence-electron chi connectivity index (χ0n) is 11.3. The third kappa shape index (κ3) is 2.98. The second-order valence-corrected chi connectivity index (χ2v) is 5.56. The first-order valence-corrected chi connectivity index (χ1v) is 7.07. The van der Waals surface area contributed by atoms with Gasteiger partial charge in [-0.1, -0.05) is 31.9 Å². The average molecular weight is 256 g/mol. The number of hydrogen-bond acceptors (Lipinski definition) is 3. The van der Waals surface area contributed by atoms with Crippen LogP contribution in [0.1, 0.15) is 32.6 Å². The van der Waals surface area contributed by atoms with Crippen molar-refractivity contribution in [2.75, 3.05) is 5.32 Å². The van der Waals surface area contributed by atoms with E-state index >= 15 is 0 Å². The molecule has 0 spiro atoms. The van der Waals surface area contributed by atoms with Gasteiger partial charge >= 0.3 is 0 Å². The van der Waals surface area contributed by atoms with Crippen molar-refractivity contribution in [2.45, 2.75) is 38.6 Å². The summed E-state index contributed by atoms with van der Waals surface area (Å²) in [5, 5.41) is 3.65. The molecular weight excluding hydrogens is 236 g/mol. The van der Waals surface area contributed by atoms with Crippen LogP contribution in [0.3, 0.4) is 0 Å². The fourth-order valence-electron chi connectivity index (χ4n) is 2.92. The molecule has 0 bridgehead atoms. The Morgan fingerprint density at radius 3 is 3.05 bits per heavy atom. The molecule has 3 nitrogen and oxygen atoms in total. The monoisotopic (exact) mass is 256 g/mol. The maximum atomic E-state index is 5.34. The van der Waals surface area contributed by atoms with Gasteiger partial charge in [0.05, 0.1) is 6.20 Å². The fourth-order valence-corrected chi connectivity index (χ4v) is 2.92. The van der Waals surface area contributed by atoms with Crippen LogP contribution in [0.5, 0.6) is 0 Å². The Morgan fingerprint density at radius 2 is 2.26 bits per heavy atom. The highest BCUT2D eigenvalue weighted by molar-refractivity contribution is 5.63. The lowest BCUT2D eigenvalue weighted by molar-refractivity contribution is 0.358. The molecule has 100 valence electrons. The molecule has 0 amide bonds. The molecule has 3 rings (SSSR count). The smallest absolute Gasteiger partial charge is 0.181 e. The van der Waals surface area contributed by atoms with E-state index in [0.717, 1.165) is 17.2 Å². The first-order valence-electron chi connectivity index (χ1n) is 7.07. The Bertz CT molecular complexity index is 521. The zero-order chi connectivity index (χ0) is 13.1. The van der Waals surface area contributed by atoms with Gasteiger partial charge < -0.3 is 9.73 Å². The van der Waals surface area contributed by atoms with E-state index in [1.54, 1.807) is 6.20 Å². The van der Waals surface area contributed by atoms with E-state index in [0.29, 0.717) is 6.04 Å².